The van der Waals surface area contributed by atoms with Gasteiger partial charge >= 0.3 is 7.12 Å². The topological polar surface area (TPSA) is 122 Å². The minimum atomic E-state index is -0.473. The van der Waals surface area contributed by atoms with Gasteiger partial charge in [0.2, 0.25) is 0 Å². The summed E-state index contributed by atoms with van der Waals surface area (Å²) in [6, 6.07) is 70.1. The summed E-state index contributed by atoms with van der Waals surface area (Å²) in [6.07, 6.45) is 7.29. The maximum Gasteiger partial charge on any atom is 0.495 e. The second kappa shape index (κ2) is 22.1. The molecule has 0 saturated carbocycles. The van der Waals surface area contributed by atoms with Crippen LogP contribution in [0.15, 0.2) is 244 Å². The van der Waals surface area contributed by atoms with Gasteiger partial charge in [0.15, 0.2) is 0 Å². The van der Waals surface area contributed by atoms with E-state index < -0.39 is 18.3 Å². The number of rotatable bonds is 4. The lowest BCUT2D eigenvalue weighted by atomic mass is 9.76. The molecule has 13 heteroatoms. The Morgan fingerprint density at radius 2 is 0.779 bits per heavy atom. The number of nitrogens with zero attached hydrogens (tertiary/aromatic N) is 6. The van der Waals surface area contributed by atoms with Gasteiger partial charge < -0.3 is 18.1 Å². The van der Waals surface area contributed by atoms with Crippen LogP contribution in [0.5, 0.6) is 0 Å². The van der Waals surface area contributed by atoms with Crippen LogP contribution in [0, 0.1) is 0 Å². The maximum atomic E-state index is 6.40. The van der Waals surface area contributed by atoms with Crippen molar-refractivity contribution >= 4 is 146 Å². The van der Waals surface area contributed by atoms with Crippen LogP contribution in [0.4, 0.5) is 0 Å². The molecular formula is C73H54B2BrN6O4. The molecule has 8 aromatic heterocycles. The predicted octanol–water partition coefficient (Wildman–Crippen LogP) is 18.5. The molecule has 0 bridgehead atoms. The number of aromatic nitrogens is 6. The molecule has 0 unspecified atom stereocenters. The Kier molecular flexibility index (Phi) is 14.3. The van der Waals surface area contributed by atoms with E-state index in [0.29, 0.717) is 0 Å². The van der Waals surface area contributed by atoms with Crippen molar-refractivity contribution in [3.05, 3.63) is 236 Å². The number of furan rings is 2. The molecule has 0 atom stereocenters. The van der Waals surface area contributed by atoms with Crippen molar-refractivity contribution in [2.75, 3.05) is 0 Å². The number of para-hydroxylation sites is 2. The van der Waals surface area contributed by atoms with Crippen molar-refractivity contribution in [2.24, 2.45) is 0 Å². The first-order valence-electron chi connectivity index (χ1n) is 27.9. The standard InChI is InChI=1S/C33H19N3O.C30H25BN2O3.C9H6BrN.CH4.B/c1-5-20-6-3-17-34-31(20)25(9-1)24-8-2-10-29-30(24)26-19-23(14-16-28(26)37-29)27-15-13-22-12-11-21-7-4-18-35-32(21)33(22)36-27;1-29(2)30(3,4)36-31(35-29)22-8-5-9-25-26(22)21-17-20(13-15-24(21)34-25)23-14-12-19-11-10-18-7-6-16-32-27(18)28(19)33-23;10-8-5-1-3-7-4-2-6-11-9(7)8;;/h1-19H;5-17H,1-4H3;1-6H;1H4;. The zero-order chi connectivity index (χ0) is 56.7. The highest BCUT2D eigenvalue weighted by molar-refractivity contribution is 9.10. The Labute approximate surface area is 506 Å². The van der Waals surface area contributed by atoms with Crippen LogP contribution >= 0.6 is 15.9 Å². The zero-order valence-corrected chi connectivity index (χ0v) is 48.4. The van der Waals surface area contributed by atoms with E-state index in [4.69, 9.17) is 33.1 Å². The van der Waals surface area contributed by atoms with Gasteiger partial charge in [-0.15, -0.1) is 0 Å². The van der Waals surface area contributed by atoms with Gasteiger partial charge in [-0.05, 0) is 146 Å². The molecule has 0 amide bonds. The molecule has 8 aromatic carbocycles. The van der Waals surface area contributed by atoms with E-state index in [1.165, 1.54) is 5.39 Å². The third-order valence-electron chi connectivity index (χ3n) is 16.5. The molecule has 0 N–H and O–H groups in total. The summed E-state index contributed by atoms with van der Waals surface area (Å²) in [6.45, 7) is 8.29. The van der Waals surface area contributed by atoms with E-state index >= 15 is 0 Å². The fourth-order valence-electron chi connectivity index (χ4n) is 11.5. The summed E-state index contributed by atoms with van der Waals surface area (Å²) in [4.78, 5) is 28.3. The van der Waals surface area contributed by atoms with E-state index in [1.807, 2.05) is 104 Å². The van der Waals surface area contributed by atoms with Crippen LogP contribution in [-0.2, 0) is 9.31 Å². The molecule has 0 aliphatic carbocycles. The number of hydrogen-bond acceptors (Lipinski definition) is 10. The van der Waals surface area contributed by atoms with Gasteiger partial charge in [0.05, 0.1) is 55.7 Å². The highest BCUT2D eigenvalue weighted by Crippen LogP contribution is 2.42. The van der Waals surface area contributed by atoms with Crippen LogP contribution in [0.2, 0.25) is 0 Å². The minimum Gasteiger partial charge on any atom is -0.456 e. The lowest BCUT2D eigenvalue weighted by Crippen LogP contribution is -2.41. The van der Waals surface area contributed by atoms with Gasteiger partial charge in [-0.3, -0.25) is 19.9 Å². The van der Waals surface area contributed by atoms with Crippen LogP contribution in [0.25, 0.3) is 143 Å². The average molecular weight is 1180 g/mol. The summed E-state index contributed by atoms with van der Waals surface area (Å²) in [5.74, 6) is 0. The molecule has 1 fully saturated rings. The van der Waals surface area contributed by atoms with Gasteiger partial charge in [-0.25, -0.2) is 9.97 Å². The fraction of sp³-hybridized carbons (Fsp3) is 0.0959. The normalized spacial score (nSPS) is 13.5. The molecule has 0 spiro atoms. The largest absolute Gasteiger partial charge is 0.495 e. The molecule has 1 saturated heterocycles. The number of pyridine rings is 6. The molecule has 413 valence electrons. The summed E-state index contributed by atoms with van der Waals surface area (Å²) in [7, 11) is -0.473. The van der Waals surface area contributed by atoms with Gasteiger partial charge in [0.25, 0.3) is 0 Å². The smallest absolute Gasteiger partial charge is 0.456 e. The van der Waals surface area contributed by atoms with Crippen molar-refractivity contribution in [3.8, 4) is 33.6 Å². The monoisotopic (exact) mass is 1180 g/mol. The third-order valence-corrected chi connectivity index (χ3v) is 17.1. The van der Waals surface area contributed by atoms with Crippen LogP contribution in [0.3, 0.4) is 0 Å². The zero-order valence-electron chi connectivity index (χ0n) is 46.8. The predicted molar refractivity (Wildman–Crippen MR) is 358 cm³/mol. The maximum absolute atomic E-state index is 6.40. The molecule has 1 aliphatic rings. The first-order chi connectivity index (χ1) is 41.0. The summed E-state index contributed by atoms with van der Waals surface area (Å²) in [5.41, 5.74) is 15.2. The SMILES string of the molecule is Brc1cccc2cccnc12.C.CC1(C)OB(c2cccc3oc4ccc(-c5ccc6ccc7cccnc7c6n5)cc4c23)OC1(C)C.[B].c1cnc2c(-c3cccc4oc5ccc(-c6ccc7ccc8cccnc8c7n6)cc5c34)cccc2c1. The number of halogens is 1. The second-order valence-electron chi connectivity index (χ2n) is 22.1. The molecule has 3 radical (unpaired) electrons. The van der Waals surface area contributed by atoms with Crippen LogP contribution < -0.4 is 5.46 Å². The Balaban J connectivity index is 0.000000133. The van der Waals surface area contributed by atoms with Gasteiger partial charge in [-0.1, -0.05) is 123 Å². The van der Waals surface area contributed by atoms with Gasteiger partial charge in [0.1, 0.15) is 22.3 Å². The van der Waals surface area contributed by atoms with Crippen molar-refractivity contribution in [3.63, 3.8) is 0 Å². The van der Waals surface area contributed by atoms with Crippen molar-refractivity contribution < 1.29 is 18.1 Å². The van der Waals surface area contributed by atoms with Crippen molar-refractivity contribution in [1.82, 2.24) is 29.9 Å². The number of benzene rings is 8. The Morgan fingerprint density at radius 3 is 1.33 bits per heavy atom. The van der Waals surface area contributed by atoms with Crippen LogP contribution in [0.1, 0.15) is 35.1 Å². The van der Waals surface area contributed by atoms with E-state index in [2.05, 4.69) is 180 Å². The van der Waals surface area contributed by atoms with Crippen LogP contribution in [-0.4, -0.2) is 56.6 Å². The quantitative estimate of drug-likeness (QED) is 0.124. The first-order valence-corrected chi connectivity index (χ1v) is 28.7. The van der Waals surface area contributed by atoms with E-state index in [1.54, 1.807) is 6.20 Å². The Hall–Kier alpha value is -9.65. The van der Waals surface area contributed by atoms with Crippen molar-refractivity contribution in [1.29, 1.82) is 0 Å². The fourth-order valence-corrected chi connectivity index (χ4v) is 12.0. The van der Waals surface area contributed by atoms with E-state index in [0.717, 1.165) is 147 Å². The lowest BCUT2D eigenvalue weighted by Gasteiger charge is -2.32. The van der Waals surface area contributed by atoms with E-state index in [-0.39, 0.29) is 15.8 Å². The average Bonchev–Trinajstić information content (AvgIpc) is 2.86. The summed E-state index contributed by atoms with van der Waals surface area (Å²) < 4.78 is 26.4. The van der Waals surface area contributed by atoms with Crippen molar-refractivity contribution in [2.45, 2.75) is 46.3 Å². The molecule has 86 heavy (non-hydrogen) atoms. The number of fused-ring (bicyclic) bond motifs is 14. The van der Waals surface area contributed by atoms with Gasteiger partial charge in [-0.2, -0.15) is 0 Å². The molecule has 1 aliphatic heterocycles. The summed E-state index contributed by atoms with van der Waals surface area (Å²) >= 11 is 3.43. The van der Waals surface area contributed by atoms with Gasteiger partial charge in [0, 0.05) is 108 Å². The molecule has 16 aromatic rings. The Morgan fingerprint density at radius 1 is 0.372 bits per heavy atom. The van der Waals surface area contributed by atoms with E-state index in [9.17, 15) is 0 Å². The molecule has 17 rings (SSSR count). The Bertz CT molecular complexity index is 5270. The third kappa shape index (κ3) is 9.67. The molecule has 9 heterocycles. The first kappa shape index (κ1) is 55.5. The highest BCUT2D eigenvalue weighted by Gasteiger charge is 2.52. The molecule has 10 nitrogen and oxygen atoms in total. The highest BCUT2D eigenvalue weighted by atomic mass is 79.9. The minimum absolute atomic E-state index is 0. The number of hydrogen-bond donors (Lipinski definition) is 0. The summed E-state index contributed by atoms with van der Waals surface area (Å²) in [5, 5.41) is 10.8. The lowest BCUT2D eigenvalue weighted by molar-refractivity contribution is 0.00578. The second-order valence-corrected chi connectivity index (χ2v) is 23.0. The molecular weight excluding hydrogens is 1130 g/mol.